The molecule has 1 aromatic rings. The van der Waals surface area contributed by atoms with Crippen molar-refractivity contribution in [2.75, 3.05) is 7.11 Å². The van der Waals surface area contributed by atoms with Crippen molar-refractivity contribution in [3.63, 3.8) is 0 Å². The summed E-state index contributed by atoms with van der Waals surface area (Å²) < 4.78 is 44.8. The van der Waals surface area contributed by atoms with Gasteiger partial charge in [-0.15, -0.1) is 5.54 Å². The van der Waals surface area contributed by atoms with Crippen molar-refractivity contribution in [2.45, 2.75) is 31.4 Å². The molecule has 0 unspecified atom stereocenters. The molecule has 110 valence electrons. The predicted molar refractivity (Wildman–Crippen MR) is 76.0 cm³/mol. The molecule has 2 nitrogen and oxygen atoms in total. The van der Waals surface area contributed by atoms with E-state index < -0.39 is 19.8 Å². The highest BCUT2D eigenvalue weighted by molar-refractivity contribution is 6.83. The highest BCUT2D eigenvalue weighted by atomic mass is 28.3. The van der Waals surface area contributed by atoms with Gasteiger partial charge in [0.1, 0.15) is 13.8 Å². The quantitative estimate of drug-likeness (QED) is 0.672. The topological polar surface area (TPSA) is 35.2 Å². The van der Waals surface area contributed by atoms with Crippen LogP contribution in [0.2, 0.25) is 19.6 Å². The Labute approximate surface area is 118 Å². The van der Waals surface area contributed by atoms with E-state index in [1.165, 1.54) is 31.4 Å². The molecule has 0 radical (unpaired) electrons. The molecule has 0 saturated carbocycles. The third kappa shape index (κ3) is 3.78. The first-order valence-corrected chi connectivity index (χ1v) is 9.54. The van der Waals surface area contributed by atoms with Gasteiger partial charge in [-0.1, -0.05) is 37.7 Å². The molecule has 2 N–H and O–H groups in total. The van der Waals surface area contributed by atoms with E-state index in [0.717, 1.165) is 0 Å². The summed E-state index contributed by atoms with van der Waals surface area (Å²) in [6, 6.07) is 5.48. The number of rotatable bonds is 2. The van der Waals surface area contributed by atoms with Crippen LogP contribution in [0.15, 0.2) is 24.3 Å². The Hall–Kier alpha value is -1.45. The van der Waals surface area contributed by atoms with Crippen LogP contribution in [-0.2, 0) is 5.54 Å². The molecule has 0 amide bonds. The molecule has 20 heavy (non-hydrogen) atoms. The van der Waals surface area contributed by atoms with Crippen LogP contribution in [0, 0.1) is 11.5 Å². The SMILES string of the molecule is COc1ccc([C@@](N)(C#C[Si](C)(C)C)C(F)(F)F)cc1. The Morgan fingerprint density at radius 3 is 1.95 bits per heavy atom. The average Bonchev–Trinajstić information content (AvgIpc) is 2.34. The van der Waals surface area contributed by atoms with Gasteiger partial charge in [0.05, 0.1) is 7.11 Å². The summed E-state index contributed by atoms with van der Waals surface area (Å²) in [5.41, 5.74) is 5.55. The third-order valence-electron chi connectivity index (χ3n) is 2.63. The third-order valence-corrected chi connectivity index (χ3v) is 3.50. The summed E-state index contributed by atoms with van der Waals surface area (Å²) in [6.07, 6.45) is -4.64. The first-order chi connectivity index (χ1) is 8.99. The molecule has 6 heteroatoms. The van der Waals surface area contributed by atoms with Gasteiger partial charge in [-0.05, 0) is 17.7 Å². The molecule has 0 aliphatic carbocycles. The van der Waals surface area contributed by atoms with Crippen LogP contribution in [0.4, 0.5) is 13.2 Å². The number of ether oxygens (including phenoxy) is 1. The second-order valence-electron chi connectivity index (χ2n) is 5.53. The Kier molecular flexibility index (Phi) is 4.57. The van der Waals surface area contributed by atoms with Crippen LogP contribution < -0.4 is 10.5 Å². The van der Waals surface area contributed by atoms with Crippen LogP contribution in [0.5, 0.6) is 5.75 Å². The zero-order valence-electron chi connectivity index (χ0n) is 11.9. The lowest BCUT2D eigenvalue weighted by Gasteiger charge is -2.27. The maximum atomic E-state index is 13.3. The molecule has 1 aromatic carbocycles. The molecular formula is C14H18F3NOSi. The second kappa shape index (κ2) is 5.50. The molecule has 0 saturated heterocycles. The van der Waals surface area contributed by atoms with Crippen LogP contribution in [-0.4, -0.2) is 21.4 Å². The first kappa shape index (κ1) is 16.6. The van der Waals surface area contributed by atoms with Crippen molar-refractivity contribution >= 4 is 8.07 Å². The number of nitrogens with two attached hydrogens (primary N) is 1. The number of halogens is 3. The lowest BCUT2D eigenvalue weighted by molar-refractivity contribution is -0.171. The van der Waals surface area contributed by atoms with Crippen molar-refractivity contribution in [3.8, 4) is 17.2 Å². The highest BCUT2D eigenvalue weighted by Gasteiger charge is 2.52. The van der Waals surface area contributed by atoms with E-state index >= 15 is 0 Å². The summed E-state index contributed by atoms with van der Waals surface area (Å²) >= 11 is 0. The van der Waals surface area contributed by atoms with Crippen molar-refractivity contribution < 1.29 is 17.9 Å². The molecule has 0 aliphatic heterocycles. The Morgan fingerprint density at radius 2 is 1.60 bits per heavy atom. The molecule has 0 bridgehead atoms. The van der Waals surface area contributed by atoms with Crippen LogP contribution in [0.3, 0.4) is 0 Å². The van der Waals surface area contributed by atoms with Gasteiger partial charge in [-0.3, -0.25) is 0 Å². The molecule has 0 aliphatic rings. The zero-order chi connectivity index (χ0) is 15.6. The molecular weight excluding hydrogens is 283 g/mol. The number of benzene rings is 1. The molecule has 0 aromatic heterocycles. The van der Waals surface area contributed by atoms with E-state index in [2.05, 4.69) is 11.5 Å². The number of hydrogen-bond acceptors (Lipinski definition) is 2. The van der Waals surface area contributed by atoms with E-state index in [9.17, 15) is 13.2 Å². The Morgan fingerprint density at radius 1 is 1.10 bits per heavy atom. The minimum Gasteiger partial charge on any atom is -0.497 e. The maximum absolute atomic E-state index is 13.3. The lowest BCUT2D eigenvalue weighted by atomic mass is 9.91. The summed E-state index contributed by atoms with van der Waals surface area (Å²) in [4.78, 5) is 0. The molecule has 1 atom stereocenters. The van der Waals surface area contributed by atoms with Crippen molar-refractivity contribution in [1.82, 2.24) is 0 Å². The standard InChI is InChI=1S/C14H18F3NOSi/c1-19-12-7-5-11(6-8-12)13(18,14(15,16)17)9-10-20(2,3)4/h5-8H,18H2,1-4H3/t13-/m0/s1. The molecule has 0 spiro atoms. The van der Waals surface area contributed by atoms with Gasteiger partial charge in [0, 0.05) is 0 Å². The Bertz CT molecular complexity index is 523. The maximum Gasteiger partial charge on any atom is 0.422 e. The zero-order valence-corrected chi connectivity index (χ0v) is 12.9. The summed E-state index contributed by atoms with van der Waals surface area (Å²) in [7, 11) is -0.518. The number of alkyl halides is 3. The van der Waals surface area contributed by atoms with Gasteiger partial charge >= 0.3 is 6.18 Å². The largest absolute Gasteiger partial charge is 0.497 e. The monoisotopic (exact) mass is 301 g/mol. The highest BCUT2D eigenvalue weighted by Crippen LogP contribution is 2.37. The van der Waals surface area contributed by atoms with Crippen LogP contribution in [0.25, 0.3) is 0 Å². The number of methoxy groups -OCH3 is 1. The first-order valence-electron chi connectivity index (χ1n) is 6.04. The summed E-state index contributed by atoms with van der Waals surface area (Å²) in [5, 5.41) is 0. The van der Waals surface area contributed by atoms with Gasteiger partial charge in [-0.25, -0.2) is 0 Å². The summed E-state index contributed by atoms with van der Waals surface area (Å²) in [5.74, 6) is 2.72. The van der Waals surface area contributed by atoms with Crippen molar-refractivity contribution in [3.05, 3.63) is 29.8 Å². The van der Waals surface area contributed by atoms with Crippen LogP contribution in [0.1, 0.15) is 5.56 Å². The van der Waals surface area contributed by atoms with Gasteiger partial charge < -0.3 is 10.5 Å². The second-order valence-corrected chi connectivity index (χ2v) is 10.3. The summed E-state index contributed by atoms with van der Waals surface area (Å²) in [6.45, 7) is 5.60. The lowest BCUT2D eigenvalue weighted by Crippen LogP contribution is -2.49. The smallest absolute Gasteiger partial charge is 0.422 e. The van der Waals surface area contributed by atoms with Gasteiger partial charge in [0.2, 0.25) is 0 Å². The minimum absolute atomic E-state index is 0.0865. The van der Waals surface area contributed by atoms with E-state index in [0.29, 0.717) is 5.75 Å². The average molecular weight is 301 g/mol. The van der Waals surface area contributed by atoms with Gasteiger partial charge in [0.15, 0.2) is 5.54 Å². The van der Waals surface area contributed by atoms with E-state index in [1.54, 1.807) is 0 Å². The molecule has 0 heterocycles. The van der Waals surface area contributed by atoms with Gasteiger partial charge in [0.25, 0.3) is 0 Å². The van der Waals surface area contributed by atoms with Crippen LogP contribution >= 0.6 is 0 Å². The van der Waals surface area contributed by atoms with E-state index in [1.807, 2.05) is 19.6 Å². The molecule has 0 fully saturated rings. The predicted octanol–water partition coefficient (Wildman–Crippen LogP) is 3.29. The van der Waals surface area contributed by atoms with Crippen molar-refractivity contribution in [1.29, 1.82) is 0 Å². The van der Waals surface area contributed by atoms with E-state index in [-0.39, 0.29) is 5.56 Å². The van der Waals surface area contributed by atoms with E-state index in [4.69, 9.17) is 10.5 Å². The van der Waals surface area contributed by atoms with Gasteiger partial charge in [-0.2, -0.15) is 13.2 Å². The number of hydrogen-bond donors (Lipinski definition) is 1. The Balaban J connectivity index is 3.34. The fourth-order valence-corrected chi connectivity index (χ4v) is 2.02. The molecule has 1 rings (SSSR count). The fraction of sp³-hybridized carbons (Fsp3) is 0.429. The fourth-order valence-electron chi connectivity index (χ4n) is 1.45. The van der Waals surface area contributed by atoms with Crippen molar-refractivity contribution in [2.24, 2.45) is 5.73 Å². The minimum atomic E-state index is -4.64. The normalized spacial score (nSPS) is 15.0.